The van der Waals surface area contributed by atoms with Gasteiger partial charge < -0.3 is 50.0 Å². The van der Waals surface area contributed by atoms with Gasteiger partial charge in [-0.2, -0.15) is 0 Å². The molecule has 6 unspecified atom stereocenters. The van der Waals surface area contributed by atoms with Gasteiger partial charge in [0.05, 0.1) is 19.3 Å². The second-order valence-electron chi connectivity index (χ2n) is 5.84. The molecule has 0 aromatic carbocycles. The van der Waals surface area contributed by atoms with Gasteiger partial charge in [-0.05, 0) is 6.92 Å². The van der Waals surface area contributed by atoms with Crippen LogP contribution in [-0.2, 0) is 14.2 Å². The first-order valence-electron chi connectivity index (χ1n) is 7.40. The second kappa shape index (κ2) is 7.66. The van der Waals surface area contributed by atoms with E-state index in [0.717, 1.165) is 0 Å². The largest absolute Gasteiger partial charge is 0.394 e. The van der Waals surface area contributed by atoms with Crippen molar-refractivity contribution in [1.82, 2.24) is 0 Å². The van der Waals surface area contributed by atoms with Crippen LogP contribution in [0.5, 0.6) is 0 Å². The molecular weight excluding hydrogens is 316 g/mol. The minimum atomic E-state index is -1.65. The summed E-state index contributed by atoms with van der Waals surface area (Å²) in [5.41, 5.74) is 0. The fraction of sp³-hybridized carbons (Fsp3) is 1.00. The molecule has 0 aliphatic carbocycles. The quantitative estimate of drug-likeness (QED) is 0.265. The minimum absolute atomic E-state index is 0.507. The van der Waals surface area contributed by atoms with Gasteiger partial charge in [0.2, 0.25) is 0 Å². The third kappa shape index (κ3) is 3.66. The van der Waals surface area contributed by atoms with Gasteiger partial charge in [-0.15, -0.1) is 0 Å². The number of aliphatic hydroxyl groups is 7. The molecule has 10 nitrogen and oxygen atoms in total. The van der Waals surface area contributed by atoms with Crippen LogP contribution in [0.3, 0.4) is 0 Å². The molecule has 2 fully saturated rings. The van der Waals surface area contributed by atoms with Crippen molar-refractivity contribution in [3.8, 4) is 0 Å². The maximum Gasteiger partial charge on any atom is 0.187 e. The zero-order valence-electron chi connectivity index (χ0n) is 12.5. The molecule has 10 heteroatoms. The number of hydrogen-bond donors (Lipinski definition) is 7. The summed E-state index contributed by atoms with van der Waals surface area (Å²) in [7, 11) is 0. The molecule has 0 aromatic heterocycles. The molecular formula is C13H24O10. The summed E-state index contributed by atoms with van der Waals surface area (Å²) >= 11 is 0. The van der Waals surface area contributed by atoms with E-state index in [1.54, 1.807) is 0 Å². The third-order valence-electron chi connectivity index (χ3n) is 4.24. The van der Waals surface area contributed by atoms with Crippen LogP contribution in [0.4, 0.5) is 0 Å². The molecule has 0 saturated carbocycles. The molecule has 7 N–H and O–H groups in total. The molecule has 0 spiro atoms. The average Bonchev–Trinajstić information content (AvgIpc) is 2.54. The Hall–Kier alpha value is -0.400. The first-order valence-corrected chi connectivity index (χ1v) is 7.40. The van der Waals surface area contributed by atoms with E-state index in [1.807, 2.05) is 0 Å². The van der Waals surface area contributed by atoms with Crippen LogP contribution in [0.15, 0.2) is 0 Å². The minimum Gasteiger partial charge on any atom is -0.394 e. The number of hydrogen-bond acceptors (Lipinski definition) is 10. The van der Waals surface area contributed by atoms with Crippen LogP contribution in [0.25, 0.3) is 0 Å². The van der Waals surface area contributed by atoms with Crippen molar-refractivity contribution in [2.24, 2.45) is 0 Å². The van der Waals surface area contributed by atoms with Gasteiger partial charge in [0.25, 0.3) is 0 Å². The summed E-state index contributed by atoms with van der Waals surface area (Å²) in [6.45, 7) is 0.384. The Bertz CT molecular complexity index is 380. The van der Waals surface area contributed by atoms with Crippen LogP contribution in [0.2, 0.25) is 0 Å². The van der Waals surface area contributed by atoms with E-state index in [9.17, 15) is 30.6 Å². The van der Waals surface area contributed by atoms with Crippen LogP contribution in [0, 0.1) is 0 Å². The van der Waals surface area contributed by atoms with Crippen molar-refractivity contribution in [1.29, 1.82) is 0 Å². The van der Waals surface area contributed by atoms with E-state index in [-0.39, 0.29) is 0 Å². The summed E-state index contributed by atoms with van der Waals surface area (Å²) in [5.74, 6) is 0. The van der Waals surface area contributed by atoms with E-state index < -0.39 is 74.4 Å². The highest BCUT2D eigenvalue weighted by Crippen LogP contribution is 2.28. The zero-order valence-corrected chi connectivity index (χ0v) is 12.5. The predicted molar refractivity (Wildman–Crippen MR) is 72.1 cm³/mol. The molecule has 2 aliphatic heterocycles. The van der Waals surface area contributed by atoms with E-state index in [2.05, 4.69) is 0 Å². The first kappa shape index (κ1) is 18.9. The fourth-order valence-corrected chi connectivity index (χ4v) is 2.76. The lowest BCUT2D eigenvalue weighted by Gasteiger charge is -2.45. The third-order valence-corrected chi connectivity index (χ3v) is 4.24. The Morgan fingerprint density at radius 2 is 1.30 bits per heavy atom. The molecule has 0 bridgehead atoms. The molecule has 10 atom stereocenters. The van der Waals surface area contributed by atoms with Crippen molar-refractivity contribution in [3.63, 3.8) is 0 Å². The molecule has 23 heavy (non-hydrogen) atoms. The van der Waals surface area contributed by atoms with Gasteiger partial charge in [0.1, 0.15) is 48.8 Å². The fourth-order valence-electron chi connectivity index (χ4n) is 2.76. The van der Waals surface area contributed by atoms with Gasteiger partial charge in [-0.3, -0.25) is 0 Å². The second-order valence-corrected chi connectivity index (χ2v) is 5.84. The van der Waals surface area contributed by atoms with Crippen LogP contribution in [-0.4, -0.2) is 110 Å². The van der Waals surface area contributed by atoms with E-state index in [4.69, 9.17) is 19.3 Å². The number of rotatable bonds is 4. The van der Waals surface area contributed by atoms with Crippen molar-refractivity contribution in [3.05, 3.63) is 0 Å². The van der Waals surface area contributed by atoms with Crippen molar-refractivity contribution < 1.29 is 50.0 Å². The zero-order chi connectivity index (χ0) is 17.3. The Morgan fingerprint density at radius 3 is 1.87 bits per heavy atom. The van der Waals surface area contributed by atoms with Gasteiger partial charge >= 0.3 is 0 Å². The Balaban J connectivity index is 2.11. The topological polar surface area (TPSA) is 169 Å². The van der Waals surface area contributed by atoms with Crippen molar-refractivity contribution in [2.75, 3.05) is 13.2 Å². The average molecular weight is 340 g/mol. The van der Waals surface area contributed by atoms with Gasteiger partial charge in [0.15, 0.2) is 6.29 Å². The lowest BCUT2D eigenvalue weighted by molar-refractivity contribution is -0.340. The molecule has 2 heterocycles. The van der Waals surface area contributed by atoms with E-state index >= 15 is 0 Å². The molecule has 2 rings (SSSR count). The highest BCUT2D eigenvalue weighted by atomic mass is 16.7. The predicted octanol–water partition coefficient (Wildman–Crippen LogP) is -4.33. The molecule has 2 aliphatic rings. The number of aliphatic hydroxyl groups excluding tert-OH is 7. The molecule has 2 saturated heterocycles. The molecule has 0 aromatic rings. The highest BCUT2D eigenvalue weighted by Gasteiger charge is 2.49. The smallest absolute Gasteiger partial charge is 0.187 e. The Kier molecular flexibility index (Phi) is 6.30. The van der Waals surface area contributed by atoms with Crippen LogP contribution < -0.4 is 0 Å². The van der Waals surface area contributed by atoms with Crippen molar-refractivity contribution in [2.45, 2.75) is 68.1 Å². The van der Waals surface area contributed by atoms with E-state index in [1.165, 1.54) is 6.92 Å². The standard InChI is InChI=1S/C13H24O10/c1-4-7(16)12(9(18)6(3-15)21-4)23-13-11(20)10(19)8(17)5(2-14)22-13/h4-20H,2-3H2,1H3/t4-,5?,6?,7?,8+,9+,10?,11?,12?,13-/m0/s1. The molecule has 0 amide bonds. The Morgan fingerprint density at radius 1 is 0.739 bits per heavy atom. The maximum absolute atomic E-state index is 10.1. The summed E-state index contributed by atoms with van der Waals surface area (Å²) in [6, 6.07) is 0. The highest BCUT2D eigenvalue weighted by molar-refractivity contribution is 4.94. The van der Waals surface area contributed by atoms with E-state index in [0.29, 0.717) is 0 Å². The van der Waals surface area contributed by atoms with Gasteiger partial charge in [0, 0.05) is 0 Å². The van der Waals surface area contributed by atoms with Crippen LogP contribution >= 0.6 is 0 Å². The summed E-state index contributed by atoms with van der Waals surface area (Å²) in [5, 5.41) is 67.9. The molecule has 0 radical (unpaired) electrons. The lowest BCUT2D eigenvalue weighted by atomic mass is 9.95. The first-order chi connectivity index (χ1) is 10.8. The SMILES string of the molecule is C[C@@H]1OC(CO)[C@@H](O)C(O[C@@H]2OC(CO)[C@@H](O)C(O)C2O)C1O. The maximum atomic E-state index is 10.1. The number of ether oxygens (including phenoxy) is 3. The Labute approximate surface area is 132 Å². The van der Waals surface area contributed by atoms with Gasteiger partial charge in [-0.1, -0.05) is 0 Å². The monoisotopic (exact) mass is 340 g/mol. The summed E-state index contributed by atoms with van der Waals surface area (Å²) in [4.78, 5) is 0. The lowest BCUT2D eigenvalue weighted by Crippen LogP contribution is -2.64. The van der Waals surface area contributed by atoms with Crippen molar-refractivity contribution >= 4 is 0 Å². The summed E-state index contributed by atoms with van der Waals surface area (Å²) < 4.78 is 15.8. The van der Waals surface area contributed by atoms with Crippen LogP contribution in [0.1, 0.15) is 6.92 Å². The van der Waals surface area contributed by atoms with Gasteiger partial charge in [-0.25, -0.2) is 0 Å². The summed E-state index contributed by atoms with van der Waals surface area (Å²) in [6.07, 6.45) is -13.2. The normalized spacial score (nSPS) is 51.7. The molecule has 136 valence electrons.